The molecule has 0 fully saturated rings. The van der Waals surface area contributed by atoms with Crippen molar-refractivity contribution in [2.75, 3.05) is 13.7 Å². The standard InChI is InChI=1S/C25H20ClN3O4/c1-31-19-4-2-15(3-5-19)22-6-7-23(33-22)25(30)29-13-20-9-17-8-16(10-21(26)24(17)32-20)18-11-27-14-28-12-18/h2-8,10-12,14,20H,9,13H2,1H3,(H,29,30)/t20-/m1/s1. The van der Waals surface area contributed by atoms with Gasteiger partial charge in [0.1, 0.15) is 29.7 Å². The lowest BCUT2D eigenvalue weighted by Gasteiger charge is -2.11. The van der Waals surface area contributed by atoms with Gasteiger partial charge < -0.3 is 19.2 Å². The summed E-state index contributed by atoms with van der Waals surface area (Å²) in [7, 11) is 1.61. The van der Waals surface area contributed by atoms with Crippen LogP contribution >= 0.6 is 11.6 Å². The predicted octanol–water partition coefficient (Wildman–Crippen LogP) is 4.80. The highest BCUT2D eigenvalue weighted by molar-refractivity contribution is 6.32. The van der Waals surface area contributed by atoms with Crippen LogP contribution in [0.4, 0.5) is 0 Å². The molecule has 7 nitrogen and oxygen atoms in total. The first-order valence-electron chi connectivity index (χ1n) is 10.4. The van der Waals surface area contributed by atoms with E-state index in [4.69, 9.17) is 25.5 Å². The van der Waals surface area contributed by atoms with Crippen LogP contribution in [-0.2, 0) is 6.42 Å². The lowest BCUT2D eigenvalue weighted by Crippen LogP contribution is -2.34. The molecule has 1 aliphatic heterocycles. The molecule has 0 bridgehead atoms. The molecule has 0 aliphatic carbocycles. The molecular formula is C25H20ClN3O4. The van der Waals surface area contributed by atoms with Crippen LogP contribution in [0.1, 0.15) is 16.1 Å². The van der Waals surface area contributed by atoms with Crippen molar-refractivity contribution in [2.24, 2.45) is 0 Å². The molecule has 0 unspecified atom stereocenters. The number of nitrogens with zero attached hydrogens (tertiary/aromatic N) is 2. The number of hydrogen-bond acceptors (Lipinski definition) is 6. The van der Waals surface area contributed by atoms with Gasteiger partial charge in [-0.25, -0.2) is 9.97 Å². The highest BCUT2D eigenvalue weighted by Gasteiger charge is 2.27. The van der Waals surface area contributed by atoms with Crippen LogP contribution in [0.5, 0.6) is 11.5 Å². The highest BCUT2D eigenvalue weighted by Crippen LogP contribution is 2.39. The molecule has 166 valence electrons. The number of fused-ring (bicyclic) bond motifs is 1. The van der Waals surface area contributed by atoms with Gasteiger partial charge in [0.2, 0.25) is 0 Å². The summed E-state index contributed by atoms with van der Waals surface area (Å²) in [6, 6.07) is 14.7. The van der Waals surface area contributed by atoms with Crippen molar-refractivity contribution in [2.45, 2.75) is 12.5 Å². The number of halogens is 1. The maximum absolute atomic E-state index is 12.6. The van der Waals surface area contributed by atoms with Gasteiger partial charge in [0.25, 0.3) is 5.91 Å². The third-order valence-corrected chi connectivity index (χ3v) is 5.72. The van der Waals surface area contributed by atoms with E-state index in [1.807, 2.05) is 36.4 Å². The quantitative estimate of drug-likeness (QED) is 0.444. The van der Waals surface area contributed by atoms with Crippen molar-refractivity contribution >= 4 is 17.5 Å². The summed E-state index contributed by atoms with van der Waals surface area (Å²) in [6.07, 6.45) is 5.37. The molecule has 1 N–H and O–H groups in total. The summed E-state index contributed by atoms with van der Waals surface area (Å²) >= 11 is 6.45. The molecule has 0 saturated heterocycles. The Morgan fingerprint density at radius 1 is 1.09 bits per heavy atom. The highest BCUT2D eigenvalue weighted by atomic mass is 35.5. The fourth-order valence-electron chi connectivity index (χ4n) is 3.78. The third kappa shape index (κ3) is 4.40. The number of methoxy groups -OCH3 is 1. The Bertz CT molecular complexity index is 1290. The van der Waals surface area contributed by atoms with Crippen molar-refractivity contribution in [1.29, 1.82) is 0 Å². The lowest BCUT2D eigenvalue weighted by molar-refractivity contribution is 0.0906. The average Bonchev–Trinajstić information content (AvgIpc) is 3.51. The largest absolute Gasteiger partial charge is 0.497 e. The number of benzene rings is 2. The zero-order valence-corrected chi connectivity index (χ0v) is 18.5. The van der Waals surface area contributed by atoms with Crippen LogP contribution in [0.15, 0.2) is 71.7 Å². The molecule has 0 radical (unpaired) electrons. The maximum atomic E-state index is 12.6. The molecule has 1 aliphatic rings. The monoisotopic (exact) mass is 461 g/mol. The van der Waals surface area contributed by atoms with Gasteiger partial charge in [-0.1, -0.05) is 11.6 Å². The summed E-state index contributed by atoms with van der Waals surface area (Å²) in [5.41, 5.74) is 3.65. The summed E-state index contributed by atoms with van der Waals surface area (Å²) in [5, 5.41) is 3.41. The molecule has 1 amide bonds. The van der Waals surface area contributed by atoms with Gasteiger partial charge >= 0.3 is 0 Å². The van der Waals surface area contributed by atoms with Crippen LogP contribution in [-0.4, -0.2) is 35.6 Å². The van der Waals surface area contributed by atoms with E-state index in [-0.39, 0.29) is 17.8 Å². The van der Waals surface area contributed by atoms with E-state index in [1.54, 1.807) is 31.6 Å². The number of amides is 1. The normalized spacial score (nSPS) is 14.4. The molecular weight excluding hydrogens is 442 g/mol. The van der Waals surface area contributed by atoms with Crippen LogP contribution in [0, 0.1) is 0 Å². The minimum atomic E-state index is -0.303. The fraction of sp³-hybridized carbons (Fsp3) is 0.160. The second-order valence-corrected chi connectivity index (χ2v) is 8.03. The zero-order valence-electron chi connectivity index (χ0n) is 17.7. The van der Waals surface area contributed by atoms with E-state index in [1.165, 1.54) is 6.33 Å². The second-order valence-electron chi connectivity index (χ2n) is 7.62. The van der Waals surface area contributed by atoms with Crippen molar-refractivity contribution in [3.63, 3.8) is 0 Å². The lowest BCUT2D eigenvalue weighted by atomic mass is 10.0. The fourth-order valence-corrected chi connectivity index (χ4v) is 4.06. The van der Waals surface area contributed by atoms with Gasteiger partial charge in [-0.15, -0.1) is 0 Å². The van der Waals surface area contributed by atoms with E-state index in [0.717, 1.165) is 28.0 Å². The van der Waals surface area contributed by atoms with E-state index in [9.17, 15) is 4.79 Å². The van der Waals surface area contributed by atoms with E-state index in [0.29, 0.717) is 29.5 Å². The third-order valence-electron chi connectivity index (χ3n) is 5.44. The Morgan fingerprint density at radius 2 is 1.88 bits per heavy atom. The van der Waals surface area contributed by atoms with E-state index < -0.39 is 0 Å². The van der Waals surface area contributed by atoms with Crippen LogP contribution in [0.3, 0.4) is 0 Å². The number of carbonyl (C=O) groups excluding carboxylic acids is 1. The minimum absolute atomic E-state index is 0.222. The summed E-state index contributed by atoms with van der Waals surface area (Å²) < 4.78 is 16.9. The van der Waals surface area contributed by atoms with Gasteiger partial charge in [0, 0.05) is 35.5 Å². The number of furan rings is 1. The number of nitrogens with one attached hydrogen (secondary N) is 1. The van der Waals surface area contributed by atoms with Crippen molar-refractivity contribution in [1.82, 2.24) is 15.3 Å². The van der Waals surface area contributed by atoms with Crippen molar-refractivity contribution in [3.8, 4) is 33.9 Å². The topological polar surface area (TPSA) is 86.5 Å². The van der Waals surface area contributed by atoms with Gasteiger partial charge in [-0.3, -0.25) is 4.79 Å². The Morgan fingerprint density at radius 3 is 2.64 bits per heavy atom. The first-order valence-corrected chi connectivity index (χ1v) is 10.8. The van der Waals surface area contributed by atoms with E-state index >= 15 is 0 Å². The maximum Gasteiger partial charge on any atom is 0.287 e. The Kier molecular flexibility index (Phi) is 5.71. The van der Waals surface area contributed by atoms with Gasteiger partial charge in [-0.2, -0.15) is 0 Å². The Balaban J connectivity index is 1.22. The smallest absolute Gasteiger partial charge is 0.287 e. The first kappa shape index (κ1) is 21.0. The number of ether oxygens (including phenoxy) is 2. The van der Waals surface area contributed by atoms with Crippen LogP contribution in [0.25, 0.3) is 22.5 Å². The molecule has 8 heteroatoms. The number of rotatable bonds is 6. The van der Waals surface area contributed by atoms with Gasteiger partial charge in [0.15, 0.2) is 5.76 Å². The molecule has 1 atom stereocenters. The number of carbonyl (C=O) groups is 1. The number of aromatic nitrogens is 2. The summed E-state index contributed by atoms with van der Waals surface area (Å²) in [5.74, 6) is 1.95. The molecule has 0 saturated carbocycles. The van der Waals surface area contributed by atoms with E-state index in [2.05, 4.69) is 15.3 Å². The molecule has 2 aromatic carbocycles. The SMILES string of the molecule is COc1ccc(-c2ccc(C(=O)NC[C@H]3Cc4cc(-c5cncnc5)cc(Cl)c4O3)o2)cc1. The molecule has 33 heavy (non-hydrogen) atoms. The van der Waals surface area contributed by atoms with Gasteiger partial charge in [-0.05, 0) is 54.1 Å². The number of hydrogen-bond donors (Lipinski definition) is 1. The minimum Gasteiger partial charge on any atom is -0.497 e. The molecule has 5 rings (SSSR count). The Hall–Kier alpha value is -3.84. The second kappa shape index (κ2) is 8.96. The molecule has 2 aromatic heterocycles. The first-order chi connectivity index (χ1) is 16.1. The average molecular weight is 462 g/mol. The van der Waals surface area contributed by atoms with Crippen LogP contribution < -0.4 is 14.8 Å². The molecule has 3 heterocycles. The molecule has 4 aromatic rings. The van der Waals surface area contributed by atoms with Crippen molar-refractivity contribution < 1.29 is 18.7 Å². The zero-order chi connectivity index (χ0) is 22.8. The predicted molar refractivity (Wildman–Crippen MR) is 124 cm³/mol. The van der Waals surface area contributed by atoms with Crippen molar-refractivity contribution in [3.05, 3.63) is 83.6 Å². The molecule has 0 spiro atoms. The van der Waals surface area contributed by atoms with Gasteiger partial charge in [0.05, 0.1) is 18.7 Å². The summed E-state index contributed by atoms with van der Waals surface area (Å²) in [4.78, 5) is 20.7. The summed E-state index contributed by atoms with van der Waals surface area (Å²) in [6.45, 7) is 0.326. The van der Waals surface area contributed by atoms with Crippen LogP contribution in [0.2, 0.25) is 5.02 Å². The Labute approximate surface area is 195 Å².